The summed E-state index contributed by atoms with van der Waals surface area (Å²) in [5, 5.41) is 11.6. The minimum absolute atomic E-state index is 0.0504. The van der Waals surface area contributed by atoms with Gasteiger partial charge in [-0.1, -0.05) is 6.07 Å². The van der Waals surface area contributed by atoms with Crippen molar-refractivity contribution in [1.82, 2.24) is 5.43 Å². The van der Waals surface area contributed by atoms with E-state index >= 15 is 0 Å². The minimum Gasteiger partial charge on any atom is -0.464 e. The third kappa shape index (κ3) is 2.73. The Balaban J connectivity index is 3.00. The van der Waals surface area contributed by atoms with Gasteiger partial charge in [-0.05, 0) is 19.1 Å². The highest BCUT2D eigenvalue weighted by Gasteiger charge is 2.09. The largest absolute Gasteiger partial charge is 0.464 e. The van der Waals surface area contributed by atoms with Crippen LogP contribution in [0, 0.1) is 11.6 Å². The van der Waals surface area contributed by atoms with Gasteiger partial charge in [-0.25, -0.2) is 19.0 Å². The Morgan fingerprint density at radius 3 is 2.73 bits per heavy atom. The highest BCUT2D eigenvalue weighted by Crippen LogP contribution is 2.11. The lowest BCUT2D eigenvalue weighted by molar-refractivity contribution is 0.195. The zero-order chi connectivity index (χ0) is 11.4. The van der Waals surface area contributed by atoms with Crippen molar-refractivity contribution in [2.45, 2.75) is 6.92 Å². The molecule has 1 aromatic carbocycles. The lowest BCUT2D eigenvalue weighted by Gasteiger charge is -2.02. The molecule has 0 saturated heterocycles. The van der Waals surface area contributed by atoms with E-state index in [0.717, 1.165) is 6.07 Å². The predicted octanol–water partition coefficient (Wildman–Crippen LogP) is 1.96. The van der Waals surface area contributed by atoms with Crippen LogP contribution in [0.25, 0.3) is 0 Å². The smallest absolute Gasteiger partial charge is 0.425 e. The van der Waals surface area contributed by atoms with Crippen LogP contribution in [0.1, 0.15) is 12.5 Å². The van der Waals surface area contributed by atoms with Crippen molar-refractivity contribution in [1.29, 1.82) is 0 Å². The summed E-state index contributed by atoms with van der Waals surface area (Å²) in [6.07, 6.45) is -1.37. The van der Waals surface area contributed by atoms with Crippen LogP contribution in [-0.4, -0.2) is 16.9 Å². The van der Waals surface area contributed by atoms with Crippen LogP contribution in [0.4, 0.5) is 13.6 Å². The van der Waals surface area contributed by atoms with Gasteiger partial charge in [-0.2, -0.15) is 5.10 Å². The molecule has 15 heavy (non-hydrogen) atoms. The Morgan fingerprint density at radius 1 is 1.47 bits per heavy atom. The van der Waals surface area contributed by atoms with Crippen molar-refractivity contribution in [3.63, 3.8) is 0 Å². The van der Waals surface area contributed by atoms with Crippen molar-refractivity contribution in [3.8, 4) is 0 Å². The molecular weight excluding hydrogens is 206 g/mol. The van der Waals surface area contributed by atoms with Gasteiger partial charge >= 0.3 is 6.09 Å². The molecule has 0 aliphatic heterocycles. The molecule has 0 saturated carbocycles. The third-order valence-corrected chi connectivity index (χ3v) is 1.66. The molecule has 0 bridgehead atoms. The van der Waals surface area contributed by atoms with Crippen LogP contribution in [0.15, 0.2) is 23.3 Å². The van der Waals surface area contributed by atoms with E-state index in [9.17, 15) is 13.6 Å². The highest BCUT2D eigenvalue weighted by molar-refractivity contribution is 5.99. The maximum Gasteiger partial charge on any atom is 0.425 e. The van der Waals surface area contributed by atoms with E-state index < -0.39 is 17.7 Å². The highest BCUT2D eigenvalue weighted by atomic mass is 19.2. The number of benzene rings is 1. The minimum atomic E-state index is -1.37. The molecule has 6 heteroatoms. The van der Waals surface area contributed by atoms with E-state index in [1.165, 1.54) is 19.1 Å². The molecule has 1 rings (SSSR count). The SMILES string of the molecule is C/C(=N\NC(=O)O)c1cccc(F)c1F. The van der Waals surface area contributed by atoms with Crippen LogP contribution in [0.2, 0.25) is 0 Å². The molecule has 0 radical (unpaired) electrons. The molecule has 1 amide bonds. The fourth-order valence-electron chi connectivity index (χ4n) is 0.975. The number of carbonyl (C=O) groups is 1. The summed E-state index contributed by atoms with van der Waals surface area (Å²) in [6.45, 7) is 1.37. The third-order valence-electron chi connectivity index (χ3n) is 1.66. The number of amides is 1. The fraction of sp³-hybridized carbons (Fsp3) is 0.111. The van der Waals surface area contributed by atoms with Gasteiger partial charge in [0.2, 0.25) is 0 Å². The van der Waals surface area contributed by atoms with E-state index in [1.54, 1.807) is 5.43 Å². The van der Waals surface area contributed by atoms with Gasteiger partial charge in [0, 0.05) is 5.56 Å². The molecule has 80 valence electrons. The summed E-state index contributed by atoms with van der Waals surface area (Å²) < 4.78 is 25.9. The van der Waals surface area contributed by atoms with E-state index in [4.69, 9.17) is 5.11 Å². The van der Waals surface area contributed by atoms with Crippen LogP contribution in [-0.2, 0) is 0 Å². The molecule has 0 unspecified atom stereocenters. The molecular formula is C9H8F2N2O2. The van der Waals surface area contributed by atoms with E-state index in [1.807, 2.05) is 0 Å². The number of nitrogens with one attached hydrogen (secondary N) is 1. The monoisotopic (exact) mass is 214 g/mol. The Morgan fingerprint density at radius 2 is 2.13 bits per heavy atom. The summed E-state index contributed by atoms with van der Waals surface area (Å²) in [4.78, 5) is 10.1. The summed E-state index contributed by atoms with van der Waals surface area (Å²) in [5.74, 6) is -2.05. The Hall–Kier alpha value is -1.98. The first-order valence-corrected chi connectivity index (χ1v) is 4.00. The second-order valence-electron chi connectivity index (χ2n) is 2.72. The second-order valence-corrected chi connectivity index (χ2v) is 2.72. The normalized spacial score (nSPS) is 11.3. The Kier molecular flexibility index (Phi) is 3.33. The van der Waals surface area contributed by atoms with Gasteiger partial charge < -0.3 is 5.11 Å². The molecule has 0 spiro atoms. The van der Waals surface area contributed by atoms with Crippen molar-refractivity contribution < 1.29 is 18.7 Å². The molecule has 2 N–H and O–H groups in total. The first-order valence-electron chi connectivity index (χ1n) is 4.00. The maximum absolute atomic E-state index is 13.1. The molecule has 4 nitrogen and oxygen atoms in total. The number of hydrogen-bond donors (Lipinski definition) is 2. The quantitative estimate of drug-likeness (QED) is 0.583. The molecule has 0 aliphatic carbocycles. The van der Waals surface area contributed by atoms with Gasteiger partial charge in [-0.3, -0.25) is 0 Å². The molecule has 0 fully saturated rings. The predicted molar refractivity (Wildman–Crippen MR) is 49.7 cm³/mol. The van der Waals surface area contributed by atoms with E-state index in [0.29, 0.717) is 0 Å². The molecule has 0 aliphatic rings. The summed E-state index contributed by atoms with van der Waals surface area (Å²) >= 11 is 0. The van der Waals surface area contributed by atoms with Gasteiger partial charge in [0.25, 0.3) is 0 Å². The van der Waals surface area contributed by atoms with Crippen LogP contribution in [0.5, 0.6) is 0 Å². The summed E-state index contributed by atoms with van der Waals surface area (Å²) in [6, 6.07) is 3.59. The topological polar surface area (TPSA) is 61.7 Å². The standard InChI is InChI=1S/C9H8F2N2O2/c1-5(12-13-9(14)15)6-3-2-4-7(10)8(6)11/h2-4,13H,1H3,(H,14,15)/b12-5+. The van der Waals surface area contributed by atoms with Crippen molar-refractivity contribution >= 4 is 11.8 Å². The Bertz CT molecular complexity index is 419. The summed E-state index contributed by atoms with van der Waals surface area (Å²) in [5.41, 5.74) is 1.68. The lowest BCUT2D eigenvalue weighted by Crippen LogP contribution is -2.16. The van der Waals surface area contributed by atoms with Crippen LogP contribution < -0.4 is 5.43 Å². The maximum atomic E-state index is 13.1. The van der Waals surface area contributed by atoms with Crippen molar-refractivity contribution in [3.05, 3.63) is 35.4 Å². The zero-order valence-corrected chi connectivity index (χ0v) is 7.79. The number of hydrazone groups is 1. The van der Waals surface area contributed by atoms with Crippen molar-refractivity contribution in [2.75, 3.05) is 0 Å². The van der Waals surface area contributed by atoms with Gasteiger partial charge in [-0.15, -0.1) is 0 Å². The molecule has 0 aromatic heterocycles. The van der Waals surface area contributed by atoms with Crippen LogP contribution in [0.3, 0.4) is 0 Å². The van der Waals surface area contributed by atoms with Gasteiger partial charge in [0.15, 0.2) is 11.6 Å². The number of carboxylic acid groups (broad SMARTS) is 1. The summed E-state index contributed by atoms with van der Waals surface area (Å²) in [7, 11) is 0. The van der Waals surface area contributed by atoms with Gasteiger partial charge in [0.1, 0.15) is 0 Å². The van der Waals surface area contributed by atoms with Crippen LogP contribution >= 0.6 is 0 Å². The lowest BCUT2D eigenvalue weighted by atomic mass is 10.1. The van der Waals surface area contributed by atoms with E-state index in [2.05, 4.69) is 5.10 Å². The number of rotatable bonds is 2. The van der Waals surface area contributed by atoms with Gasteiger partial charge in [0.05, 0.1) is 5.71 Å². The number of hydrogen-bond acceptors (Lipinski definition) is 2. The molecule has 1 aromatic rings. The number of halogens is 2. The second kappa shape index (κ2) is 4.50. The van der Waals surface area contributed by atoms with Crippen molar-refractivity contribution in [2.24, 2.45) is 5.10 Å². The first-order chi connectivity index (χ1) is 7.02. The average molecular weight is 214 g/mol. The van der Waals surface area contributed by atoms with E-state index in [-0.39, 0.29) is 11.3 Å². The molecule has 0 atom stereocenters. The number of nitrogens with zero attached hydrogens (tertiary/aromatic N) is 1. The molecule has 0 heterocycles. The fourth-order valence-corrected chi connectivity index (χ4v) is 0.975. The Labute approximate surface area is 84.2 Å². The first kappa shape index (κ1) is 11.1. The zero-order valence-electron chi connectivity index (χ0n) is 7.79. The average Bonchev–Trinajstić information content (AvgIpc) is 2.18.